The van der Waals surface area contributed by atoms with E-state index < -0.39 is 35.4 Å². The molecule has 0 fully saturated rings. The number of aliphatic hydroxyl groups is 2. The Hall–Kier alpha value is -1.34. The SMILES string of the molecule is NC(=O)c1ccc(C(O)C(CO)NC(=O)C(Cl)Cl)cc1. The predicted octanol–water partition coefficient (Wildman–Crippen LogP) is 0.0997. The number of aliphatic hydroxyl groups excluding tert-OH is 2. The van der Waals surface area contributed by atoms with E-state index >= 15 is 0 Å². The summed E-state index contributed by atoms with van der Waals surface area (Å²) in [5.74, 6) is -1.31. The van der Waals surface area contributed by atoms with Crippen LogP contribution >= 0.6 is 23.2 Å². The largest absolute Gasteiger partial charge is 0.394 e. The van der Waals surface area contributed by atoms with Crippen LogP contribution in [0.1, 0.15) is 22.0 Å². The van der Waals surface area contributed by atoms with Gasteiger partial charge >= 0.3 is 0 Å². The first-order valence-corrected chi connectivity index (χ1v) is 6.51. The molecule has 0 aliphatic heterocycles. The van der Waals surface area contributed by atoms with Gasteiger partial charge in [-0.05, 0) is 17.7 Å². The fourth-order valence-electron chi connectivity index (χ4n) is 1.55. The van der Waals surface area contributed by atoms with Crippen LogP contribution in [0.4, 0.5) is 0 Å². The van der Waals surface area contributed by atoms with Gasteiger partial charge in [0.25, 0.3) is 5.91 Å². The highest BCUT2D eigenvalue weighted by molar-refractivity contribution is 6.53. The molecule has 1 aromatic carbocycles. The maximum atomic E-state index is 11.3. The van der Waals surface area contributed by atoms with Gasteiger partial charge < -0.3 is 21.3 Å². The van der Waals surface area contributed by atoms with Crippen LogP contribution in [0, 0.1) is 0 Å². The zero-order valence-corrected chi connectivity index (χ0v) is 11.8. The normalized spacial score (nSPS) is 13.8. The molecule has 0 spiro atoms. The third-order valence-electron chi connectivity index (χ3n) is 2.64. The number of nitrogens with two attached hydrogens (primary N) is 1. The molecular formula is C12H14Cl2N2O4. The summed E-state index contributed by atoms with van der Waals surface area (Å²) in [4.78, 5) is 21.0. The topological polar surface area (TPSA) is 113 Å². The molecule has 6 nitrogen and oxygen atoms in total. The molecule has 110 valence electrons. The molecule has 1 rings (SSSR count). The number of hydrogen-bond acceptors (Lipinski definition) is 4. The molecule has 0 saturated carbocycles. The van der Waals surface area contributed by atoms with Crippen LogP contribution in [0.15, 0.2) is 24.3 Å². The number of nitrogens with one attached hydrogen (secondary N) is 1. The molecule has 2 amide bonds. The van der Waals surface area contributed by atoms with Crippen LogP contribution in [0.25, 0.3) is 0 Å². The summed E-state index contributed by atoms with van der Waals surface area (Å²) in [6.07, 6.45) is -1.18. The minimum Gasteiger partial charge on any atom is -0.394 e. The van der Waals surface area contributed by atoms with Crippen LogP contribution in [-0.2, 0) is 4.79 Å². The first kappa shape index (κ1) is 16.7. The highest BCUT2D eigenvalue weighted by atomic mass is 35.5. The number of hydrogen-bond donors (Lipinski definition) is 4. The molecule has 0 radical (unpaired) electrons. The Labute approximate surface area is 125 Å². The lowest BCUT2D eigenvalue weighted by atomic mass is 10.0. The molecule has 5 N–H and O–H groups in total. The molecule has 0 saturated heterocycles. The summed E-state index contributed by atoms with van der Waals surface area (Å²) >= 11 is 10.7. The van der Waals surface area contributed by atoms with E-state index in [1.807, 2.05) is 0 Å². The van der Waals surface area contributed by atoms with Gasteiger partial charge in [-0.2, -0.15) is 0 Å². The van der Waals surface area contributed by atoms with Crippen molar-refractivity contribution in [2.24, 2.45) is 5.73 Å². The van der Waals surface area contributed by atoms with E-state index in [-0.39, 0.29) is 5.56 Å². The van der Waals surface area contributed by atoms with E-state index in [2.05, 4.69) is 5.32 Å². The molecule has 20 heavy (non-hydrogen) atoms. The van der Waals surface area contributed by atoms with Gasteiger partial charge in [-0.1, -0.05) is 35.3 Å². The lowest BCUT2D eigenvalue weighted by Gasteiger charge is -2.23. The molecule has 2 atom stereocenters. The Balaban J connectivity index is 2.82. The van der Waals surface area contributed by atoms with Crippen LogP contribution in [0.3, 0.4) is 0 Å². The van der Waals surface area contributed by atoms with E-state index in [0.717, 1.165) is 0 Å². The highest BCUT2D eigenvalue weighted by Gasteiger charge is 2.24. The van der Waals surface area contributed by atoms with Crippen molar-refractivity contribution < 1.29 is 19.8 Å². The summed E-state index contributed by atoms with van der Waals surface area (Å²) in [5, 5.41) is 21.6. The molecule has 0 bridgehead atoms. The van der Waals surface area contributed by atoms with Crippen molar-refractivity contribution in [2.75, 3.05) is 6.61 Å². The summed E-state index contributed by atoms with van der Waals surface area (Å²) in [5.41, 5.74) is 5.78. The average molecular weight is 321 g/mol. The zero-order chi connectivity index (χ0) is 15.3. The quantitative estimate of drug-likeness (QED) is 0.557. The second-order valence-electron chi connectivity index (χ2n) is 4.03. The molecule has 0 aromatic heterocycles. The summed E-state index contributed by atoms with van der Waals surface area (Å²) in [7, 11) is 0. The maximum Gasteiger partial charge on any atom is 0.253 e. The minimum absolute atomic E-state index is 0.284. The molecule has 0 aliphatic carbocycles. The standard InChI is InChI=1S/C12H14Cl2N2O4/c13-10(14)12(20)16-8(5-17)9(18)6-1-3-7(4-2-6)11(15)19/h1-4,8-10,17-18H,5H2,(H2,15,19)(H,16,20). The van der Waals surface area contributed by atoms with Crippen molar-refractivity contribution in [1.82, 2.24) is 5.32 Å². The molecular weight excluding hydrogens is 307 g/mol. The Morgan fingerprint density at radius 3 is 2.20 bits per heavy atom. The van der Waals surface area contributed by atoms with E-state index in [1.54, 1.807) is 0 Å². The summed E-state index contributed by atoms with van der Waals surface area (Å²) in [6.45, 7) is -0.509. The molecule has 0 aliphatic rings. The van der Waals surface area contributed by atoms with Crippen LogP contribution in [-0.4, -0.2) is 39.5 Å². The highest BCUT2D eigenvalue weighted by Crippen LogP contribution is 2.18. The Kier molecular flexibility index (Phi) is 6.22. The van der Waals surface area contributed by atoms with Gasteiger partial charge in [0, 0.05) is 5.56 Å². The molecule has 0 heterocycles. The van der Waals surface area contributed by atoms with Crippen molar-refractivity contribution in [3.8, 4) is 0 Å². The Morgan fingerprint density at radius 1 is 1.25 bits per heavy atom. The number of benzene rings is 1. The van der Waals surface area contributed by atoms with E-state index in [9.17, 15) is 19.8 Å². The molecule has 2 unspecified atom stereocenters. The van der Waals surface area contributed by atoms with Gasteiger partial charge in [-0.15, -0.1) is 0 Å². The summed E-state index contributed by atoms with van der Waals surface area (Å²) < 4.78 is 0. The van der Waals surface area contributed by atoms with Gasteiger partial charge in [0.15, 0.2) is 4.84 Å². The van der Waals surface area contributed by atoms with Crippen molar-refractivity contribution in [3.05, 3.63) is 35.4 Å². The van der Waals surface area contributed by atoms with Crippen LogP contribution < -0.4 is 11.1 Å². The monoisotopic (exact) mass is 320 g/mol. The van der Waals surface area contributed by atoms with Crippen molar-refractivity contribution in [1.29, 1.82) is 0 Å². The lowest BCUT2D eigenvalue weighted by Crippen LogP contribution is -2.44. The first-order valence-electron chi connectivity index (χ1n) is 5.64. The van der Waals surface area contributed by atoms with E-state index in [0.29, 0.717) is 5.56 Å². The summed E-state index contributed by atoms with van der Waals surface area (Å²) in [6, 6.07) is 4.84. The molecule has 8 heteroatoms. The number of carbonyl (C=O) groups excluding carboxylic acids is 2. The van der Waals surface area contributed by atoms with Gasteiger partial charge in [0.2, 0.25) is 5.91 Å². The van der Waals surface area contributed by atoms with Gasteiger partial charge in [0.05, 0.1) is 12.6 Å². The zero-order valence-electron chi connectivity index (χ0n) is 10.3. The maximum absolute atomic E-state index is 11.3. The lowest BCUT2D eigenvalue weighted by molar-refractivity contribution is -0.121. The predicted molar refractivity (Wildman–Crippen MR) is 74.4 cm³/mol. The van der Waals surface area contributed by atoms with E-state index in [1.165, 1.54) is 24.3 Å². The number of alkyl halides is 2. The number of rotatable bonds is 6. The van der Waals surface area contributed by atoms with E-state index in [4.69, 9.17) is 28.9 Å². The number of carbonyl (C=O) groups is 2. The number of primary amides is 1. The van der Waals surface area contributed by atoms with Gasteiger partial charge in [0.1, 0.15) is 6.10 Å². The number of halogens is 2. The first-order chi connectivity index (χ1) is 9.36. The number of amides is 2. The fourth-order valence-corrected chi connectivity index (χ4v) is 1.67. The van der Waals surface area contributed by atoms with Crippen LogP contribution in [0.2, 0.25) is 0 Å². The minimum atomic E-state index is -1.30. The van der Waals surface area contributed by atoms with Crippen molar-refractivity contribution in [3.63, 3.8) is 0 Å². The van der Waals surface area contributed by atoms with Crippen molar-refractivity contribution in [2.45, 2.75) is 17.0 Å². The average Bonchev–Trinajstić information content (AvgIpc) is 2.43. The fraction of sp³-hybridized carbons (Fsp3) is 0.333. The van der Waals surface area contributed by atoms with Gasteiger partial charge in [-0.25, -0.2) is 0 Å². The Morgan fingerprint density at radius 2 is 1.80 bits per heavy atom. The third-order valence-corrected chi connectivity index (χ3v) is 3.04. The molecule has 1 aromatic rings. The Bertz CT molecular complexity index is 479. The van der Waals surface area contributed by atoms with Gasteiger partial charge in [-0.3, -0.25) is 9.59 Å². The van der Waals surface area contributed by atoms with Crippen molar-refractivity contribution >= 4 is 35.0 Å². The van der Waals surface area contributed by atoms with Crippen LogP contribution in [0.5, 0.6) is 0 Å². The second-order valence-corrected chi connectivity index (χ2v) is 5.13. The second kappa shape index (κ2) is 7.44. The smallest absolute Gasteiger partial charge is 0.253 e. The third kappa shape index (κ3) is 4.35.